The van der Waals surface area contributed by atoms with Crippen LogP contribution in [0.2, 0.25) is 0 Å². The third-order valence-electron chi connectivity index (χ3n) is 3.56. The summed E-state index contributed by atoms with van der Waals surface area (Å²) in [5.74, 6) is 0.163. The maximum atomic E-state index is 12.2. The van der Waals surface area contributed by atoms with Crippen molar-refractivity contribution in [3.63, 3.8) is 0 Å². The number of hydrogen-bond acceptors (Lipinski definition) is 3. The lowest BCUT2D eigenvalue weighted by Crippen LogP contribution is -2.29. The Labute approximate surface area is 126 Å². The van der Waals surface area contributed by atoms with E-state index in [0.29, 0.717) is 12.8 Å². The minimum atomic E-state index is -0.0764. The Balaban J connectivity index is 2.05. The molecule has 2 N–H and O–H groups in total. The van der Waals surface area contributed by atoms with E-state index in [1.165, 1.54) is 0 Å². The van der Waals surface area contributed by atoms with Crippen LogP contribution in [-0.2, 0) is 18.3 Å². The quantitative estimate of drug-likeness (QED) is 0.920. The number of aromatic nitrogens is 2. The fourth-order valence-electron chi connectivity index (χ4n) is 2.83. The second-order valence-corrected chi connectivity index (χ2v) is 7.03. The monoisotopic (exact) mass is 287 g/mol. The molecule has 2 aromatic rings. The molecular formula is C17H25N3O. The Morgan fingerprint density at radius 1 is 1.33 bits per heavy atom. The first-order valence-corrected chi connectivity index (χ1v) is 7.44. The van der Waals surface area contributed by atoms with Gasteiger partial charge in [-0.1, -0.05) is 39.0 Å². The van der Waals surface area contributed by atoms with Crippen molar-refractivity contribution in [1.82, 2.24) is 9.78 Å². The van der Waals surface area contributed by atoms with Gasteiger partial charge in [-0.25, -0.2) is 0 Å². The number of ketones is 1. The van der Waals surface area contributed by atoms with Crippen molar-refractivity contribution in [1.29, 1.82) is 0 Å². The van der Waals surface area contributed by atoms with Gasteiger partial charge in [0.15, 0.2) is 0 Å². The van der Waals surface area contributed by atoms with Gasteiger partial charge < -0.3 is 5.73 Å². The van der Waals surface area contributed by atoms with E-state index < -0.39 is 0 Å². The van der Waals surface area contributed by atoms with E-state index in [-0.39, 0.29) is 17.2 Å². The van der Waals surface area contributed by atoms with Gasteiger partial charge in [0.1, 0.15) is 5.78 Å². The number of carbonyl (C=O) groups is 1. The van der Waals surface area contributed by atoms with Gasteiger partial charge in [-0.15, -0.1) is 0 Å². The van der Waals surface area contributed by atoms with E-state index in [9.17, 15) is 4.79 Å². The van der Waals surface area contributed by atoms with Gasteiger partial charge >= 0.3 is 0 Å². The predicted octanol–water partition coefficient (Wildman–Crippen LogP) is 2.84. The summed E-state index contributed by atoms with van der Waals surface area (Å²) >= 11 is 0. The summed E-state index contributed by atoms with van der Waals surface area (Å²) in [5.41, 5.74) is 8.14. The van der Waals surface area contributed by atoms with Crippen LogP contribution in [0.4, 0.5) is 0 Å². The maximum absolute atomic E-state index is 12.2. The molecule has 0 amide bonds. The van der Waals surface area contributed by atoms with Gasteiger partial charge in [0.25, 0.3) is 0 Å². The van der Waals surface area contributed by atoms with Crippen molar-refractivity contribution in [2.24, 2.45) is 18.2 Å². The molecule has 1 aromatic carbocycles. The Morgan fingerprint density at radius 2 is 2.00 bits per heavy atom. The van der Waals surface area contributed by atoms with Crippen LogP contribution < -0.4 is 5.73 Å². The Bertz CT molecular complexity index is 637. The topological polar surface area (TPSA) is 60.9 Å². The summed E-state index contributed by atoms with van der Waals surface area (Å²) in [5, 5.41) is 5.52. The molecule has 4 nitrogen and oxygen atoms in total. The van der Waals surface area contributed by atoms with E-state index in [1.807, 2.05) is 36.0 Å². The van der Waals surface area contributed by atoms with E-state index in [1.54, 1.807) is 0 Å². The molecule has 0 aliphatic carbocycles. The van der Waals surface area contributed by atoms with Gasteiger partial charge in [-0.3, -0.25) is 9.48 Å². The number of Topliss-reactive ketones (excluding diaryl/α,β-unsaturated/α-hetero) is 1. The lowest BCUT2D eigenvalue weighted by molar-refractivity contribution is -0.118. The number of benzene rings is 1. The SMILES string of the molecule is Cn1nc(CC(=O)CC(N)CC(C)(C)C)c2ccccc21. The summed E-state index contributed by atoms with van der Waals surface area (Å²) < 4.78 is 1.83. The number of nitrogens with two attached hydrogens (primary N) is 1. The molecule has 0 radical (unpaired) electrons. The average molecular weight is 287 g/mol. The van der Waals surface area contributed by atoms with Crippen LogP contribution in [0.3, 0.4) is 0 Å². The number of carbonyl (C=O) groups excluding carboxylic acids is 1. The van der Waals surface area contributed by atoms with Gasteiger partial charge in [0.05, 0.1) is 17.6 Å². The smallest absolute Gasteiger partial charge is 0.140 e. The number of nitrogens with zero attached hydrogens (tertiary/aromatic N) is 2. The Morgan fingerprint density at radius 3 is 2.67 bits per heavy atom. The molecule has 1 atom stereocenters. The minimum Gasteiger partial charge on any atom is -0.327 e. The molecule has 0 spiro atoms. The highest BCUT2D eigenvalue weighted by Crippen LogP contribution is 2.22. The molecule has 1 heterocycles. The highest BCUT2D eigenvalue weighted by atomic mass is 16.1. The molecule has 0 saturated heterocycles. The highest BCUT2D eigenvalue weighted by Gasteiger charge is 2.19. The Hall–Kier alpha value is -1.68. The van der Waals surface area contributed by atoms with Crippen molar-refractivity contribution >= 4 is 16.7 Å². The summed E-state index contributed by atoms with van der Waals surface area (Å²) in [6.07, 6.45) is 1.63. The van der Waals surface area contributed by atoms with Crippen molar-refractivity contribution in [3.8, 4) is 0 Å². The van der Waals surface area contributed by atoms with E-state index in [4.69, 9.17) is 5.73 Å². The normalized spacial score (nSPS) is 13.6. The number of fused-ring (bicyclic) bond motifs is 1. The van der Waals surface area contributed by atoms with Crippen LogP contribution in [0.5, 0.6) is 0 Å². The number of hydrogen-bond donors (Lipinski definition) is 1. The van der Waals surface area contributed by atoms with Gasteiger partial charge in [-0.05, 0) is 17.9 Å². The summed E-state index contributed by atoms with van der Waals surface area (Å²) in [7, 11) is 1.90. The zero-order valence-corrected chi connectivity index (χ0v) is 13.4. The fourth-order valence-corrected chi connectivity index (χ4v) is 2.83. The van der Waals surface area contributed by atoms with Crippen molar-refractivity contribution in [3.05, 3.63) is 30.0 Å². The molecular weight excluding hydrogens is 262 g/mol. The predicted molar refractivity (Wildman–Crippen MR) is 86.1 cm³/mol. The molecule has 1 aromatic heterocycles. The molecule has 21 heavy (non-hydrogen) atoms. The van der Waals surface area contributed by atoms with Gasteiger partial charge in [0.2, 0.25) is 0 Å². The third kappa shape index (κ3) is 4.14. The fraction of sp³-hybridized carbons (Fsp3) is 0.529. The van der Waals surface area contributed by atoms with Crippen LogP contribution in [0, 0.1) is 5.41 Å². The number of para-hydroxylation sites is 1. The van der Waals surface area contributed by atoms with E-state index in [2.05, 4.69) is 25.9 Å². The molecule has 0 saturated carbocycles. The van der Waals surface area contributed by atoms with Gasteiger partial charge in [-0.2, -0.15) is 5.10 Å². The first kappa shape index (κ1) is 15.7. The molecule has 4 heteroatoms. The molecule has 2 rings (SSSR count). The lowest BCUT2D eigenvalue weighted by Gasteiger charge is -2.22. The zero-order chi connectivity index (χ0) is 15.6. The van der Waals surface area contributed by atoms with Crippen LogP contribution in [-0.4, -0.2) is 21.6 Å². The summed E-state index contributed by atoms with van der Waals surface area (Å²) in [6.45, 7) is 6.43. The second kappa shape index (κ2) is 5.98. The molecule has 0 fully saturated rings. The van der Waals surface area contributed by atoms with Crippen LogP contribution in [0.25, 0.3) is 10.9 Å². The number of rotatable bonds is 5. The average Bonchev–Trinajstić information content (AvgIpc) is 2.64. The van der Waals surface area contributed by atoms with Crippen molar-refractivity contribution < 1.29 is 4.79 Å². The first-order valence-electron chi connectivity index (χ1n) is 7.44. The lowest BCUT2D eigenvalue weighted by atomic mass is 9.86. The minimum absolute atomic E-state index is 0.0764. The first-order chi connectivity index (χ1) is 9.76. The Kier molecular flexibility index (Phi) is 4.47. The van der Waals surface area contributed by atoms with Crippen LogP contribution >= 0.6 is 0 Å². The number of aryl methyl sites for hydroxylation is 1. The zero-order valence-electron chi connectivity index (χ0n) is 13.4. The van der Waals surface area contributed by atoms with Crippen molar-refractivity contribution in [2.75, 3.05) is 0 Å². The molecule has 114 valence electrons. The second-order valence-electron chi connectivity index (χ2n) is 7.03. The standard InChI is InChI=1S/C17H25N3O/c1-17(2,3)11-12(18)9-13(21)10-15-14-7-5-6-8-16(14)20(4)19-15/h5-8,12H,9-11,18H2,1-4H3. The molecule has 0 aliphatic heterocycles. The van der Waals surface area contributed by atoms with Crippen LogP contribution in [0.1, 0.15) is 39.3 Å². The summed E-state index contributed by atoms with van der Waals surface area (Å²) in [6, 6.07) is 7.91. The largest absolute Gasteiger partial charge is 0.327 e. The summed E-state index contributed by atoms with van der Waals surface area (Å²) in [4.78, 5) is 12.2. The van der Waals surface area contributed by atoms with Crippen LogP contribution in [0.15, 0.2) is 24.3 Å². The third-order valence-corrected chi connectivity index (χ3v) is 3.56. The highest BCUT2D eigenvalue weighted by molar-refractivity contribution is 5.88. The van der Waals surface area contributed by atoms with Gasteiger partial charge in [0, 0.05) is 24.9 Å². The molecule has 1 unspecified atom stereocenters. The molecule has 0 bridgehead atoms. The molecule has 0 aliphatic rings. The van der Waals surface area contributed by atoms with E-state index in [0.717, 1.165) is 23.0 Å². The van der Waals surface area contributed by atoms with E-state index >= 15 is 0 Å². The van der Waals surface area contributed by atoms with Crippen molar-refractivity contribution in [2.45, 2.75) is 46.1 Å². The maximum Gasteiger partial charge on any atom is 0.140 e.